The molecule has 0 aromatic heterocycles. The number of halogens is 2. The molecule has 9 heteroatoms. The van der Waals surface area contributed by atoms with Crippen molar-refractivity contribution in [3.05, 3.63) is 52.0 Å². The summed E-state index contributed by atoms with van der Waals surface area (Å²) in [6.45, 7) is 3.65. The van der Waals surface area contributed by atoms with E-state index >= 15 is 0 Å². The molecule has 0 aliphatic carbocycles. The van der Waals surface area contributed by atoms with Gasteiger partial charge in [0.2, 0.25) is 5.91 Å². The summed E-state index contributed by atoms with van der Waals surface area (Å²) in [5, 5.41) is 0.386. The maximum atomic E-state index is 13.2. The van der Waals surface area contributed by atoms with Crippen molar-refractivity contribution in [1.29, 1.82) is 0 Å². The fraction of sp³-hybridized carbons (Fsp3) is 0.300. The van der Waals surface area contributed by atoms with Crippen LogP contribution in [0.3, 0.4) is 0 Å². The highest BCUT2D eigenvalue weighted by Gasteiger charge is 2.31. The van der Waals surface area contributed by atoms with Gasteiger partial charge in [0.05, 0.1) is 15.1 Å². The number of nitrogens with zero attached hydrogens (tertiary/aromatic N) is 1. The van der Waals surface area contributed by atoms with Gasteiger partial charge in [-0.25, -0.2) is 12.7 Å². The molecule has 0 aliphatic heterocycles. The molecule has 0 radical (unpaired) electrons. The lowest BCUT2D eigenvalue weighted by atomic mass is 10.2. The summed E-state index contributed by atoms with van der Waals surface area (Å²) in [6.07, 6.45) is 1.45. The first-order valence-electron chi connectivity index (χ1n) is 9.04. The second-order valence-corrected chi connectivity index (χ2v) is 9.28. The second kappa shape index (κ2) is 10.2. The van der Waals surface area contributed by atoms with E-state index in [0.29, 0.717) is 22.3 Å². The number of ether oxygens (including phenoxy) is 1. The number of amides is 1. The zero-order valence-corrected chi connectivity index (χ0v) is 19.2. The average molecular weight is 503 g/mol. The molecule has 0 N–H and O–H groups in total. The molecule has 0 saturated carbocycles. The van der Waals surface area contributed by atoms with Gasteiger partial charge < -0.3 is 4.74 Å². The van der Waals surface area contributed by atoms with Crippen LogP contribution < -0.4 is 9.04 Å². The Balaban J connectivity index is 2.48. The van der Waals surface area contributed by atoms with E-state index < -0.39 is 21.9 Å². The third kappa shape index (κ3) is 5.81. The van der Waals surface area contributed by atoms with E-state index in [2.05, 4.69) is 15.9 Å². The number of benzene rings is 2. The van der Waals surface area contributed by atoms with E-state index in [1.54, 1.807) is 6.92 Å². The summed E-state index contributed by atoms with van der Waals surface area (Å²) >= 11 is 9.14. The van der Waals surface area contributed by atoms with E-state index in [0.717, 1.165) is 4.31 Å². The quantitative estimate of drug-likeness (QED) is 0.360. The third-order valence-electron chi connectivity index (χ3n) is 3.87. The molecule has 0 saturated heterocycles. The lowest BCUT2D eigenvalue weighted by molar-refractivity contribution is -0.134. The molecule has 29 heavy (non-hydrogen) atoms. The topological polar surface area (TPSA) is 80.8 Å². The monoisotopic (exact) mass is 501 g/mol. The molecule has 2 rings (SSSR count). The number of carbonyl (C=O) groups is 2. The van der Waals surface area contributed by atoms with Gasteiger partial charge in [0.1, 0.15) is 5.75 Å². The Morgan fingerprint density at radius 2 is 1.66 bits per heavy atom. The Morgan fingerprint density at radius 1 is 1.03 bits per heavy atom. The summed E-state index contributed by atoms with van der Waals surface area (Å²) in [5.74, 6) is -0.710. The molecule has 0 bridgehead atoms. The maximum absolute atomic E-state index is 13.2. The van der Waals surface area contributed by atoms with Gasteiger partial charge in [-0.05, 0) is 71.2 Å². The Kier molecular flexibility index (Phi) is 8.24. The van der Waals surface area contributed by atoms with Crippen molar-refractivity contribution in [2.24, 2.45) is 0 Å². The molecule has 0 heterocycles. The summed E-state index contributed by atoms with van der Waals surface area (Å²) in [4.78, 5) is 24.4. The van der Waals surface area contributed by atoms with Crippen molar-refractivity contribution in [3.63, 3.8) is 0 Å². The number of sulfonamides is 1. The van der Waals surface area contributed by atoms with Crippen LogP contribution in [0.2, 0.25) is 5.02 Å². The van der Waals surface area contributed by atoms with E-state index in [-0.39, 0.29) is 29.2 Å². The third-order valence-corrected chi connectivity index (χ3v) is 6.50. The lowest BCUT2D eigenvalue weighted by Crippen LogP contribution is -2.36. The predicted molar refractivity (Wildman–Crippen MR) is 116 cm³/mol. The van der Waals surface area contributed by atoms with Gasteiger partial charge in [-0.3, -0.25) is 9.59 Å². The number of hydrogen-bond donors (Lipinski definition) is 0. The van der Waals surface area contributed by atoms with Crippen LogP contribution in [-0.4, -0.2) is 20.3 Å². The van der Waals surface area contributed by atoms with Crippen LogP contribution in [0, 0.1) is 0 Å². The fourth-order valence-electron chi connectivity index (χ4n) is 2.52. The van der Waals surface area contributed by atoms with Crippen LogP contribution in [-0.2, 0) is 19.6 Å². The van der Waals surface area contributed by atoms with Gasteiger partial charge in [-0.15, -0.1) is 0 Å². The van der Waals surface area contributed by atoms with Gasteiger partial charge in [0.25, 0.3) is 10.0 Å². The molecule has 0 fully saturated rings. The minimum atomic E-state index is -4.16. The van der Waals surface area contributed by atoms with Gasteiger partial charge in [-0.2, -0.15) is 0 Å². The largest absolute Gasteiger partial charge is 0.425 e. The number of rotatable bonds is 8. The smallest absolute Gasteiger partial charge is 0.311 e. The zero-order chi connectivity index (χ0) is 21.6. The summed E-state index contributed by atoms with van der Waals surface area (Å²) in [5.41, 5.74) is 0.139. The first-order valence-corrected chi connectivity index (χ1v) is 11.7. The van der Waals surface area contributed by atoms with E-state index in [4.69, 9.17) is 16.3 Å². The average Bonchev–Trinajstić information content (AvgIpc) is 2.64. The van der Waals surface area contributed by atoms with Crippen LogP contribution in [0.1, 0.15) is 39.5 Å². The number of anilines is 1. The number of esters is 1. The van der Waals surface area contributed by atoms with Crippen molar-refractivity contribution in [2.75, 3.05) is 4.31 Å². The summed E-state index contributed by atoms with van der Waals surface area (Å²) < 4.78 is 32.7. The molecular formula is C20H21BrClNO5S. The molecule has 156 valence electrons. The first-order chi connectivity index (χ1) is 13.7. The van der Waals surface area contributed by atoms with Crippen molar-refractivity contribution in [3.8, 4) is 5.75 Å². The van der Waals surface area contributed by atoms with Crippen molar-refractivity contribution < 1.29 is 22.7 Å². The first kappa shape index (κ1) is 23.4. The van der Waals surface area contributed by atoms with E-state index in [9.17, 15) is 18.0 Å². The Morgan fingerprint density at radius 3 is 2.21 bits per heavy atom. The minimum absolute atomic E-state index is 0.0533. The predicted octanol–water partition coefficient (Wildman–Crippen LogP) is 5.33. The van der Waals surface area contributed by atoms with Crippen molar-refractivity contribution >= 4 is 55.1 Å². The van der Waals surface area contributed by atoms with Crippen LogP contribution in [0.4, 0.5) is 5.69 Å². The van der Waals surface area contributed by atoms with Gasteiger partial charge in [0, 0.05) is 17.9 Å². The van der Waals surface area contributed by atoms with Crippen LogP contribution in [0.5, 0.6) is 5.75 Å². The summed E-state index contributed by atoms with van der Waals surface area (Å²) in [6, 6.07) is 9.92. The van der Waals surface area contributed by atoms with E-state index in [1.807, 2.05) is 6.92 Å². The fourth-order valence-corrected chi connectivity index (χ4v) is 4.54. The van der Waals surface area contributed by atoms with Crippen LogP contribution in [0.15, 0.2) is 51.8 Å². The zero-order valence-electron chi connectivity index (χ0n) is 16.0. The SMILES string of the molecule is CCCC(=O)Oc1ccc(N(C(=O)CCC)S(=O)(=O)c2ccc(Cl)cc2)cc1Br. The molecule has 0 atom stereocenters. The standard InChI is InChI=1S/C20H21BrClNO5S/c1-3-5-19(24)23(29(26,27)16-10-7-14(22)8-11-16)15-9-12-18(17(21)13-15)28-20(25)6-4-2/h7-13H,3-6H2,1-2H3. The van der Waals surface area contributed by atoms with Gasteiger partial charge in [0.15, 0.2) is 0 Å². The highest BCUT2D eigenvalue weighted by molar-refractivity contribution is 9.10. The van der Waals surface area contributed by atoms with Gasteiger partial charge in [-0.1, -0.05) is 25.4 Å². The Labute approximate surface area is 184 Å². The minimum Gasteiger partial charge on any atom is -0.425 e. The van der Waals surface area contributed by atoms with Gasteiger partial charge >= 0.3 is 5.97 Å². The number of hydrogen-bond acceptors (Lipinski definition) is 5. The molecule has 1 amide bonds. The lowest BCUT2D eigenvalue weighted by Gasteiger charge is -2.23. The number of carbonyl (C=O) groups excluding carboxylic acids is 2. The summed E-state index contributed by atoms with van der Waals surface area (Å²) in [7, 11) is -4.16. The molecular weight excluding hydrogens is 482 g/mol. The molecule has 6 nitrogen and oxygen atoms in total. The van der Waals surface area contributed by atoms with Crippen molar-refractivity contribution in [2.45, 2.75) is 44.4 Å². The van der Waals surface area contributed by atoms with Crippen LogP contribution >= 0.6 is 27.5 Å². The van der Waals surface area contributed by atoms with Crippen LogP contribution in [0.25, 0.3) is 0 Å². The Bertz CT molecular complexity index is 992. The molecule has 0 unspecified atom stereocenters. The van der Waals surface area contributed by atoms with Crippen molar-refractivity contribution in [1.82, 2.24) is 0 Å². The second-order valence-electron chi connectivity index (χ2n) is 6.21. The maximum Gasteiger partial charge on any atom is 0.311 e. The normalized spacial score (nSPS) is 11.2. The molecule has 0 spiro atoms. The Hall–Kier alpha value is -1.90. The molecule has 0 aliphatic rings. The molecule has 2 aromatic carbocycles. The van der Waals surface area contributed by atoms with E-state index in [1.165, 1.54) is 42.5 Å². The highest BCUT2D eigenvalue weighted by atomic mass is 79.9. The highest BCUT2D eigenvalue weighted by Crippen LogP contribution is 2.33. The molecule has 2 aromatic rings.